The molecule has 14 heavy (non-hydrogen) atoms. The molecule has 76 valence electrons. The molecule has 0 bridgehead atoms. The first kappa shape index (κ1) is 11.2. The Kier molecular flexibility index (Phi) is 3.26. The van der Waals surface area contributed by atoms with Gasteiger partial charge in [0.15, 0.2) is 0 Å². The molecule has 0 saturated carbocycles. The zero-order valence-corrected chi connectivity index (χ0v) is 9.96. The fourth-order valence-electron chi connectivity index (χ4n) is 1.11. The monoisotopic (exact) mass is 257 g/mol. The number of carbonyl (C=O) groups is 1. The molecule has 4 heteroatoms. The summed E-state index contributed by atoms with van der Waals surface area (Å²) in [5, 5.41) is 0. The van der Waals surface area contributed by atoms with E-state index in [0.29, 0.717) is 5.88 Å². The Hall–Kier alpha value is -0.900. The molecule has 0 aromatic carbocycles. The first-order valence-corrected chi connectivity index (χ1v) is 4.97. The summed E-state index contributed by atoms with van der Waals surface area (Å²) >= 11 is 3.31. The van der Waals surface area contributed by atoms with Gasteiger partial charge in [-0.3, -0.25) is 0 Å². The van der Waals surface area contributed by atoms with Crippen molar-refractivity contribution in [2.24, 2.45) is 0 Å². The molecule has 1 aromatic heterocycles. The van der Waals surface area contributed by atoms with Gasteiger partial charge in [0.2, 0.25) is 5.88 Å². The standard InChI is InChI=1S/C10H12BrNO2/c1-10(2,6-13)8-4-7(11)5-12-9(8)14-3/h4-6H,1-3H3. The number of hydrogen-bond donors (Lipinski definition) is 0. The van der Waals surface area contributed by atoms with Crippen molar-refractivity contribution in [3.63, 3.8) is 0 Å². The van der Waals surface area contributed by atoms with Crippen LogP contribution >= 0.6 is 15.9 Å². The van der Waals surface area contributed by atoms with Crippen LogP contribution in [0.4, 0.5) is 0 Å². The fraction of sp³-hybridized carbons (Fsp3) is 0.400. The van der Waals surface area contributed by atoms with Crippen molar-refractivity contribution in [2.75, 3.05) is 7.11 Å². The highest BCUT2D eigenvalue weighted by molar-refractivity contribution is 9.10. The number of halogens is 1. The van der Waals surface area contributed by atoms with E-state index >= 15 is 0 Å². The van der Waals surface area contributed by atoms with E-state index in [0.717, 1.165) is 16.3 Å². The Balaban J connectivity index is 3.30. The van der Waals surface area contributed by atoms with E-state index < -0.39 is 5.41 Å². The number of methoxy groups -OCH3 is 1. The molecule has 0 N–H and O–H groups in total. The highest BCUT2D eigenvalue weighted by atomic mass is 79.9. The summed E-state index contributed by atoms with van der Waals surface area (Å²) in [6.45, 7) is 3.65. The Bertz CT molecular complexity index is 350. The van der Waals surface area contributed by atoms with Crippen LogP contribution in [0.3, 0.4) is 0 Å². The van der Waals surface area contributed by atoms with E-state index in [1.54, 1.807) is 13.3 Å². The van der Waals surface area contributed by atoms with E-state index in [1.807, 2.05) is 19.9 Å². The van der Waals surface area contributed by atoms with Crippen LogP contribution < -0.4 is 4.74 Å². The van der Waals surface area contributed by atoms with Gasteiger partial charge in [0.1, 0.15) is 6.29 Å². The Morgan fingerprint density at radius 3 is 2.71 bits per heavy atom. The lowest BCUT2D eigenvalue weighted by molar-refractivity contribution is -0.111. The van der Waals surface area contributed by atoms with Crippen molar-refractivity contribution >= 4 is 22.2 Å². The smallest absolute Gasteiger partial charge is 0.217 e. The summed E-state index contributed by atoms with van der Waals surface area (Å²) in [6.07, 6.45) is 2.53. The number of pyridine rings is 1. The minimum absolute atomic E-state index is 0.491. The second kappa shape index (κ2) is 4.09. The highest BCUT2D eigenvalue weighted by Crippen LogP contribution is 2.30. The molecule has 0 unspecified atom stereocenters. The third-order valence-corrected chi connectivity index (χ3v) is 2.43. The lowest BCUT2D eigenvalue weighted by Gasteiger charge is -2.19. The molecule has 1 aromatic rings. The van der Waals surface area contributed by atoms with Crippen molar-refractivity contribution < 1.29 is 9.53 Å². The lowest BCUT2D eigenvalue weighted by Crippen LogP contribution is -2.20. The molecule has 0 radical (unpaired) electrons. The number of rotatable bonds is 3. The molecule has 0 aliphatic heterocycles. The van der Waals surface area contributed by atoms with E-state index in [4.69, 9.17) is 4.74 Å². The van der Waals surface area contributed by atoms with Crippen LogP contribution in [0.2, 0.25) is 0 Å². The SMILES string of the molecule is COc1ncc(Br)cc1C(C)(C)C=O. The average molecular weight is 258 g/mol. The second-order valence-electron chi connectivity index (χ2n) is 3.55. The van der Waals surface area contributed by atoms with Crippen LogP contribution in [0.25, 0.3) is 0 Å². The van der Waals surface area contributed by atoms with Gasteiger partial charge in [-0.05, 0) is 35.8 Å². The minimum atomic E-state index is -0.581. The van der Waals surface area contributed by atoms with Gasteiger partial charge in [-0.25, -0.2) is 4.98 Å². The summed E-state index contributed by atoms with van der Waals surface area (Å²) in [4.78, 5) is 15.0. The van der Waals surface area contributed by atoms with Gasteiger partial charge in [-0.1, -0.05) is 0 Å². The van der Waals surface area contributed by atoms with Gasteiger partial charge in [0, 0.05) is 16.2 Å². The summed E-state index contributed by atoms with van der Waals surface area (Å²) in [5.74, 6) is 0.491. The van der Waals surface area contributed by atoms with Gasteiger partial charge < -0.3 is 9.53 Å². The van der Waals surface area contributed by atoms with Crippen LogP contribution in [0.5, 0.6) is 5.88 Å². The largest absolute Gasteiger partial charge is 0.481 e. The molecule has 3 nitrogen and oxygen atoms in total. The second-order valence-corrected chi connectivity index (χ2v) is 4.47. The van der Waals surface area contributed by atoms with Gasteiger partial charge in [0.05, 0.1) is 12.5 Å². The van der Waals surface area contributed by atoms with Crippen molar-refractivity contribution in [1.82, 2.24) is 4.98 Å². The maximum absolute atomic E-state index is 10.9. The van der Waals surface area contributed by atoms with Gasteiger partial charge in [-0.15, -0.1) is 0 Å². The van der Waals surface area contributed by atoms with E-state index in [9.17, 15) is 4.79 Å². The Morgan fingerprint density at radius 2 is 2.21 bits per heavy atom. The number of nitrogens with zero attached hydrogens (tertiary/aromatic N) is 1. The zero-order valence-electron chi connectivity index (χ0n) is 8.37. The molecule has 0 atom stereocenters. The Labute approximate surface area is 91.6 Å². The Morgan fingerprint density at radius 1 is 1.57 bits per heavy atom. The van der Waals surface area contributed by atoms with E-state index in [1.165, 1.54) is 0 Å². The predicted octanol–water partition coefficient (Wildman–Crippen LogP) is 2.33. The fourth-order valence-corrected chi connectivity index (χ4v) is 1.45. The first-order valence-electron chi connectivity index (χ1n) is 4.17. The van der Waals surface area contributed by atoms with Crippen LogP contribution in [-0.2, 0) is 10.2 Å². The van der Waals surface area contributed by atoms with Crippen molar-refractivity contribution in [2.45, 2.75) is 19.3 Å². The molecular formula is C10H12BrNO2. The van der Waals surface area contributed by atoms with Crippen LogP contribution in [0.15, 0.2) is 16.7 Å². The van der Waals surface area contributed by atoms with Gasteiger partial charge in [-0.2, -0.15) is 0 Å². The number of hydrogen-bond acceptors (Lipinski definition) is 3. The third kappa shape index (κ3) is 2.12. The minimum Gasteiger partial charge on any atom is -0.481 e. The molecule has 0 aliphatic rings. The summed E-state index contributed by atoms with van der Waals surface area (Å²) in [6, 6.07) is 1.85. The van der Waals surface area contributed by atoms with Crippen LogP contribution in [-0.4, -0.2) is 18.4 Å². The quantitative estimate of drug-likeness (QED) is 0.781. The number of ether oxygens (including phenoxy) is 1. The maximum atomic E-state index is 10.9. The maximum Gasteiger partial charge on any atom is 0.217 e. The molecular weight excluding hydrogens is 246 g/mol. The van der Waals surface area contributed by atoms with Crippen molar-refractivity contribution in [1.29, 1.82) is 0 Å². The van der Waals surface area contributed by atoms with Crippen LogP contribution in [0, 0.1) is 0 Å². The summed E-state index contributed by atoms with van der Waals surface area (Å²) in [7, 11) is 1.54. The molecule has 0 aliphatic carbocycles. The van der Waals surface area contributed by atoms with Crippen molar-refractivity contribution in [3.8, 4) is 5.88 Å². The summed E-state index contributed by atoms with van der Waals surface area (Å²) in [5.41, 5.74) is 0.201. The number of carbonyl (C=O) groups excluding carboxylic acids is 1. The average Bonchev–Trinajstić information content (AvgIpc) is 2.18. The van der Waals surface area contributed by atoms with Gasteiger partial charge >= 0.3 is 0 Å². The summed E-state index contributed by atoms with van der Waals surface area (Å²) < 4.78 is 5.93. The van der Waals surface area contributed by atoms with E-state index in [-0.39, 0.29) is 0 Å². The molecule has 0 amide bonds. The topological polar surface area (TPSA) is 39.2 Å². The highest BCUT2D eigenvalue weighted by Gasteiger charge is 2.24. The molecule has 0 fully saturated rings. The molecule has 0 spiro atoms. The number of aromatic nitrogens is 1. The van der Waals surface area contributed by atoms with Crippen LogP contribution in [0.1, 0.15) is 19.4 Å². The zero-order chi connectivity index (χ0) is 10.8. The van der Waals surface area contributed by atoms with E-state index in [2.05, 4.69) is 20.9 Å². The van der Waals surface area contributed by atoms with Gasteiger partial charge in [0.25, 0.3) is 0 Å². The third-order valence-electron chi connectivity index (χ3n) is 2.00. The normalized spacial score (nSPS) is 11.1. The lowest BCUT2D eigenvalue weighted by atomic mass is 9.87. The molecule has 0 saturated heterocycles. The first-order chi connectivity index (χ1) is 6.51. The molecule has 1 rings (SSSR count). The molecule has 1 heterocycles. The predicted molar refractivity (Wildman–Crippen MR) is 57.6 cm³/mol. The van der Waals surface area contributed by atoms with Crippen molar-refractivity contribution in [3.05, 3.63) is 22.3 Å². The number of aldehydes is 1.